The standard InChI is InChI=1S/C22H25N3O5S/c1-30-18-7-9-19(10-8-18)31(28,29)24-15-12-22(13-16-24)20(26)25(21(27)23-22)14-11-17-5-3-2-4-6-17/h2-10H,11-16H2,1H3,(H,23,27). The summed E-state index contributed by atoms with van der Waals surface area (Å²) in [7, 11) is -2.17. The molecule has 4 rings (SSSR count). The number of nitrogens with one attached hydrogen (secondary N) is 1. The molecule has 0 unspecified atom stereocenters. The molecule has 2 heterocycles. The molecule has 31 heavy (non-hydrogen) atoms. The number of imide groups is 1. The van der Waals surface area contributed by atoms with Crippen molar-refractivity contribution in [2.45, 2.75) is 29.7 Å². The molecule has 0 saturated carbocycles. The van der Waals surface area contributed by atoms with E-state index < -0.39 is 21.6 Å². The average molecular weight is 444 g/mol. The molecule has 2 saturated heterocycles. The highest BCUT2D eigenvalue weighted by Gasteiger charge is 2.53. The molecule has 1 spiro atoms. The lowest BCUT2D eigenvalue weighted by molar-refractivity contribution is -0.132. The van der Waals surface area contributed by atoms with Gasteiger partial charge in [-0.25, -0.2) is 13.2 Å². The first-order valence-corrected chi connectivity index (χ1v) is 11.6. The van der Waals surface area contributed by atoms with Crippen LogP contribution < -0.4 is 10.1 Å². The first-order valence-electron chi connectivity index (χ1n) is 10.2. The summed E-state index contributed by atoms with van der Waals surface area (Å²) in [6.07, 6.45) is 1.07. The van der Waals surface area contributed by atoms with Crippen molar-refractivity contribution in [2.24, 2.45) is 0 Å². The second-order valence-corrected chi connectivity index (χ2v) is 9.72. The Hall–Kier alpha value is -2.91. The Kier molecular flexibility index (Phi) is 5.72. The second kappa shape index (κ2) is 8.32. The van der Waals surface area contributed by atoms with Crippen molar-refractivity contribution in [1.29, 1.82) is 0 Å². The molecule has 3 amide bonds. The van der Waals surface area contributed by atoms with Gasteiger partial charge in [-0.15, -0.1) is 0 Å². The number of sulfonamides is 1. The number of hydrogen-bond acceptors (Lipinski definition) is 5. The van der Waals surface area contributed by atoms with Crippen LogP contribution in [0.15, 0.2) is 59.5 Å². The zero-order valence-electron chi connectivity index (χ0n) is 17.3. The van der Waals surface area contributed by atoms with E-state index in [9.17, 15) is 18.0 Å². The molecule has 2 aliphatic rings. The molecule has 8 nitrogen and oxygen atoms in total. The zero-order valence-corrected chi connectivity index (χ0v) is 18.1. The third-order valence-corrected chi connectivity index (χ3v) is 7.90. The highest BCUT2D eigenvalue weighted by Crippen LogP contribution is 2.32. The lowest BCUT2D eigenvalue weighted by atomic mass is 9.88. The van der Waals surface area contributed by atoms with Crippen LogP contribution in [0.3, 0.4) is 0 Å². The normalized spacial score (nSPS) is 18.9. The fourth-order valence-electron chi connectivity index (χ4n) is 4.11. The quantitative estimate of drug-likeness (QED) is 0.689. The predicted molar refractivity (Wildman–Crippen MR) is 114 cm³/mol. The fraction of sp³-hybridized carbons (Fsp3) is 0.364. The Balaban J connectivity index is 1.42. The van der Waals surface area contributed by atoms with Gasteiger partial charge in [-0.05, 0) is 49.1 Å². The van der Waals surface area contributed by atoms with Gasteiger partial charge in [-0.1, -0.05) is 30.3 Å². The second-order valence-electron chi connectivity index (χ2n) is 7.78. The van der Waals surface area contributed by atoms with E-state index in [1.165, 1.54) is 28.4 Å². The average Bonchev–Trinajstić information content (AvgIpc) is 3.02. The van der Waals surface area contributed by atoms with E-state index in [1.807, 2.05) is 30.3 Å². The number of nitrogens with zero attached hydrogens (tertiary/aromatic N) is 2. The number of benzene rings is 2. The molecular formula is C22H25N3O5S. The number of ether oxygens (including phenoxy) is 1. The molecule has 1 N–H and O–H groups in total. The molecule has 0 aromatic heterocycles. The third-order valence-electron chi connectivity index (χ3n) is 5.99. The molecule has 0 bridgehead atoms. The molecule has 0 aliphatic carbocycles. The summed E-state index contributed by atoms with van der Waals surface area (Å²) in [4.78, 5) is 27.0. The van der Waals surface area contributed by atoms with Crippen LogP contribution in [0.4, 0.5) is 4.79 Å². The number of carbonyl (C=O) groups is 2. The lowest BCUT2D eigenvalue weighted by Crippen LogP contribution is -2.55. The predicted octanol–water partition coefficient (Wildman–Crippen LogP) is 2.01. The Labute approximate surface area is 181 Å². The molecule has 2 aromatic rings. The molecule has 0 radical (unpaired) electrons. The van der Waals surface area contributed by atoms with Crippen LogP contribution in [0, 0.1) is 0 Å². The van der Waals surface area contributed by atoms with E-state index in [4.69, 9.17) is 4.74 Å². The van der Waals surface area contributed by atoms with Gasteiger partial charge >= 0.3 is 6.03 Å². The van der Waals surface area contributed by atoms with Crippen molar-refractivity contribution in [3.05, 3.63) is 60.2 Å². The van der Waals surface area contributed by atoms with Gasteiger partial charge in [-0.2, -0.15) is 4.31 Å². The molecule has 0 atom stereocenters. The van der Waals surface area contributed by atoms with Gasteiger partial charge < -0.3 is 10.1 Å². The summed E-state index contributed by atoms with van der Waals surface area (Å²) in [6.45, 7) is 0.615. The maximum atomic E-state index is 13.1. The number of methoxy groups -OCH3 is 1. The number of urea groups is 1. The Morgan fingerprint density at radius 3 is 2.26 bits per heavy atom. The van der Waals surface area contributed by atoms with E-state index in [0.717, 1.165) is 5.56 Å². The van der Waals surface area contributed by atoms with Crippen LogP contribution in [0.1, 0.15) is 18.4 Å². The highest BCUT2D eigenvalue weighted by atomic mass is 32.2. The zero-order chi connectivity index (χ0) is 22.1. The number of rotatable bonds is 6. The van der Waals surface area contributed by atoms with Crippen molar-refractivity contribution >= 4 is 22.0 Å². The monoisotopic (exact) mass is 443 g/mol. The van der Waals surface area contributed by atoms with E-state index in [-0.39, 0.29) is 36.7 Å². The van der Waals surface area contributed by atoms with Crippen LogP contribution in [0.25, 0.3) is 0 Å². The Morgan fingerprint density at radius 2 is 1.65 bits per heavy atom. The smallest absolute Gasteiger partial charge is 0.325 e. The third kappa shape index (κ3) is 4.03. The van der Waals surface area contributed by atoms with Gasteiger partial charge in [0.2, 0.25) is 10.0 Å². The van der Waals surface area contributed by atoms with Gasteiger partial charge in [0.05, 0.1) is 12.0 Å². The minimum absolute atomic E-state index is 0.160. The van der Waals surface area contributed by atoms with Crippen molar-refractivity contribution in [3.8, 4) is 5.75 Å². The summed E-state index contributed by atoms with van der Waals surface area (Å²) in [5.41, 5.74) is 0.0177. The largest absolute Gasteiger partial charge is 0.497 e. The van der Waals surface area contributed by atoms with Gasteiger partial charge in [0.25, 0.3) is 5.91 Å². The van der Waals surface area contributed by atoms with Crippen LogP contribution in [0.5, 0.6) is 5.75 Å². The minimum Gasteiger partial charge on any atom is -0.497 e. The van der Waals surface area contributed by atoms with Crippen LogP contribution in [-0.2, 0) is 21.2 Å². The van der Waals surface area contributed by atoms with E-state index in [2.05, 4.69) is 5.32 Å². The molecular weight excluding hydrogens is 418 g/mol. The maximum absolute atomic E-state index is 13.1. The molecule has 2 fully saturated rings. The summed E-state index contributed by atoms with van der Waals surface area (Å²) in [5, 5.41) is 2.83. The Bertz CT molecular complexity index is 1060. The molecule has 9 heteroatoms. The molecule has 164 valence electrons. The molecule has 2 aliphatic heterocycles. The van der Waals surface area contributed by atoms with Crippen molar-refractivity contribution in [2.75, 3.05) is 26.7 Å². The number of amides is 3. The minimum atomic E-state index is -3.68. The van der Waals surface area contributed by atoms with Gasteiger partial charge in [0.1, 0.15) is 11.3 Å². The van der Waals surface area contributed by atoms with E-state index in [1.54, 1.807) is 12.1 Å². The maximum Gasteiger partial charge on any atom is 0.325 e. The number of hydrogen-bond donors (Lipinski definition) is 1. The van der Waals surface area contributed by atoms with Crippen molar-refractivity contribution in [1.82, 2.24) is 14.5 Å². The van der Waals surface area contributed by atoms with E-state index in [0.29, 0.717) is 18.7 Å². The topological polar surface area (TPSA) is 96.0 Å². The summed E-state index contributed by atoms with van der Waals surface area (Å²) < 4.78 is 32.4. The van der Waals surface area contributed by atoms with Crippen molar-refractivity contribution in [3.63, 3.8) is 0 Å². The van der Waals surface area contributed by atoms with Crippen molar-refractivity contribution < 1.29 is 22.7 Å². The van der Waals surface area contributed by atoms with Gasteiger partial charge in [0.15, 0.2) is 0 Å². The Morgan fingerprint density at radius 1 is 1.00 bits per heavy atom. The SMILES string of the molecule is COc1ccc(S(=O)(=O)N2CCC3(CC2)NC(=O)N(CCc2ccccc2)C3=O)cc1. The van der Waals surface area contributed by atoms with Crippen LogP contribution >= 0.6 is 0 Å². The first-order chi connectivity index (χ1) is 14.9. The summed E-state index contributed by atoms with van der Waals surface area (Å²) >= 11 is 0. The first kappa shape index (κ1) is 21.3. The van der Waals surface area contributed by atoms with Gasteiger partial charge in [0, 0.05) is 19.6 Å². The molecule has 2 aromatic carbocycles. The number of piperidine rings is 1. The van der Waals surface area contributed by atoms with Gasteiger partial charge in [-0.3, -0.25) is 9.69 Å². The van der Waals surface area contributed by atoms with Crippen LogP contribution in [-0.4, -0.2) is 61.8 Å². The highest BCUT2D eigenvalue weighted by molar-refractivity contribution is 7.89. The lowest BCUT2D eigenvalue weighted by Gasteiger charge is -2.36. The van der Waals surface area contributed by atoms with Crippen LogP contribution in [0.2, 0.25) is 0 Å². The van der Waals surface area contributed by atoms with E-state index >= 15 is 0 Å². The summed E-state index contributed by atoms with van der Waals surface area (Å²) in [6, 6.07) is 15.5. The number of carbonyl (C=O) groups excluding carboxylic acids is 2. The summed E-state index contributed by atoms with van der Waals surface area (Å²) in [5.74, 6) is 0.307. The fourth-order valence-corrected chi connectivity index (χ4v) is 5.55.